The van der Waals surface area contributed by atoms with Crippen molar-refractivity contribution in [3.63, 3.8) is 0 Å². The number of H-pyrrole nitrogens is 1. The first-order chi connectivity index (χ1) is 7.22. The van der Waals surface area contributed by atoms with Gasteiger partial charge in [-0.2, -0.15) is 0 Å². The Hall–Kier alpha value is -2.10. The van der Waals surface area contributed by atoms with Crippen molar-refractivity contribution in [2.45, 2.75) is 6.92 Å². The van der Waals surface area contributed by atoms with E-state index in [1.165, 1.54) is 0 Å². The molecule has 76 valence electrons. The van der Waals surface area contributed by atoms with Crippen LogP contribution in [0.5, 0.6) is 5.88 Å². The van der Waals surface area contributed by atoms with E-state index in [2.05, 4.69) is 10.2 Å². The van der Waals surface area contributed by atoms with E-state index < -0.39 is 0 Å². The van der Waals surface area contributed by atoms with E-state index in [1.807, 2.05) is 24.3 Å². The van der Waals surface area contributed by atoms with Crippen LogP contribution in [0.4, 0.5) is 0 Å². The van der Waals surface area contributed by atoms with Crippen molar-refractivity contribution in [2.75, 3.05) is 0 Å². The standard InChI is InChI=1S/C11H10N2O2/c1-7(13-15)6-9-8-4-2-3-5-10(8)12-11(9)14/h2-6,12,14H,1H3. The molecule has 0 aliphatic heterocycles. The third kappa shape index (κ3) is 1.61. The summed E-state index contributed by atoms with van der Waals surface area (Å²) in [7, 11) is 0. The maximum atomic E-state index is 10.3. The fourth-order valence-electron chi connectivity index (χ4n) is 1.53. The van der Waals surface area contributed by atoms with Crippen LogP contribution in [0.1, 0.15) is 12.5 Å². The summed E-state index contributed by atoms with van der Waals surface area (Å²) in [6.45, 7) is 1.59. The second-order valence-electron chi connectivity index (χ2n) is 3.31. The van der Waals surface area contributed by atoms with Gasteiger partial charge in [-0.3, -0.25) is 0 Å². The summed E-state index contributed by atoms with van der Waals surface area (Å²) in [4.78, 5) is 13.1. The van der Waals surface area contributed by atoms with Gasteiger partial charge in [0.15, 0.2) is 5.88 Å². The summed E-state index contributed by atoms with van der Waals surface area (Å²) < 4.78 is 0. The van der Waals surface area contributed by atoms with Gasteiger partial charge in [0.25, 0.3) is 0 Å². The molecule has 2 rings (SSSR count). The first-order valence-corrected chi connectivity index (χ1v) is 4.53. The Kier molecular flexibility index (Phi) is 2.25. The zero-order valence-corrected chi connectivity index (χ0v) is 8.19. The van der Waals surface area contributed by atoms with Gasteiger partial charge in [0.05, 0.1) is 5.70 Å². The number of nitrogens with zero attached hydrogens (tertiary/aromatic N) is 1. The van der Waals surface area contributed by atoms with Crippen LogP contribution in [0.15, 0.2) is 35.1 Å². The third-order valence-electron chi connectivity index (χ3n) is 2.22. The number of hydrogen-bond donors (Lipinski definition) is 2. The molecule has 0 radical (unpaired) electrons. The minimum Gasteiger partial charge on any atom is -0.494 e. The molecule has 0 unspecified atom stereocenters. The van der Waals surface area contributed by atoms with Crippen LogP contribution in [0.3, 0.4) is 0 Å². The molecule has 1 aromatic heterocycles. The Morgan fingerprint density at radius 1 is 1.47 bits per heavy atom. The molecule has 0 saturated heterocycles. The van der Waals surface area contributed by atoms with Crippen LogP contribution in [0.25, 0.3) is 17.0 Å². The van der Waals surface area contributed by atoms with Gasteiger partial charge >= 0.3 is 0 Å². The molecular formula is C11H10N2O2. The zero-order valence-electron chi connectivity index (χ0n) is 8.19. The van der Waals surface area contributed by atoms with E-state index in [0.717, 1.165) is 10.9 Å². The molecule has 0 aliphatic rings. The average Bonchev–Trinajstić information content (AvgIpc) is 2.55. The molecule has 0 atom stereocenters. The minimum atomic E-state index is 0.0548. The number of para-hydroxylation sites is 1. The summed E-state index contributed by atoms with van der Waals surface area (Å²) >= 11 is 0. The lowest BCUT2D eigenvalue weighted by Crippen LogP contribution is -1.72. The van der Waals surface area contributed by atoms with Crippen molar-refractivity contribution in [2.24, 2.45) is 5.18 Å². The van der Waals surface area contributed by atoms with Crippen molar-refractivity contribution in [1.29, 1.82) is 0 Å². The Bertz CT molecular complexity index is 541. The predicted octanol–water partition coefficient (Wildman–Crippen LogP) is 3.00. The normalized spacial score (nSPS) is 11.9. The predicted molar refractivity (Wildman–Crippen MR) is 59.4 cm³/mol. The Morgan fingerprint density at radius 3 is 2.93 bits per heavy atom. The number of rotatable bonds is 2. The molecule has 0 bridgehead atoms. The molecule has 2 aromatic rings. The van der Waals surface area contributed by atoms with Crippen molar-refractivity contribution in [3.05, 3.63) is 40.4 Å². The molecule has 0 saturated carbocycles. The lowest BCUT2D eigenvalue weighted by atomic mass is 10.1. The van der Waals surface area contributed by atoms with E-state index >= 15 is 0 Å². The summed E-state index contributed by atoms with van der Waals surface area (Å²) in [5, 5.41) is 13.3. The van der Waals surface area contributed by atoms with Crippen molar-refractivity contribution < 1.29 is 5.11 Å². The first-order valence-electron chi connectivity index (χ1n) is 4.53. The number of hydrogen-bond acceptors (Lipinski definition) is 3. The molecule has 4 nitrogen and oxygen atoms in total. The Labute approximate surface area is 86.2 Å². The van der Waals surface area contributed by atoms with E-state index in [9.17, 15) is 10.0 Å². The highest BCUT2D eigenvalue weighted by molar-refractivity contribution is 5.92. The van der Waals surface area contributed by atoms with Gasteiger partial charge in [-0.15, -0.1) is 4.91 Å². The molecule has 4 heteroatoms. The van der Waals surface area contributed by atoms with Crippen LogP contribution in [0, 0.1) is 4.91 Å². The molecule has 0 fully saturated rings. The summed E-state index contributed by atoms with van der Waals surface area (Å²) in [6, 6.07) is 7.47. The average molecular weight is 202 g/mol. The highest BCUT2D eigenvalue weighted by Crippen LogP contribution is 2.28. The molecule has 1 aromatic carbocycles. The Morgan fingerprint density at radius 2 is 2.20 bits per heavy atom. The van der Waals surface area contributed by atoms with Gasteiger partial charge in [-0.25, -0.2) is 0 Å². The van der Waals surface area contributed by atoms with Crippen molar-refractivity contribution in [3.8, 4) is 5.88 Å². The number of nitroso groups, excluding NO2 is 1. The number of allylic oxidation sites excluding steroid dienone is 1. The van der Waals surface area contributed by atoms with Gasteiger partial charge < -0.3 is 10.1 Å². The van der Waals surface area contributed by atoms with Crippen LogP contribution >= 0.6 is 0 Å². The lowest BCUT2D eigenvalue weighted by molar-refractivity contribution is 0.457. The molecular weight excluding hydrogens is 192 g/mol. The second-order valence-corrected chi connectivity index (χ2v) is 3.31. The van der Waals surface area contributed by atoms with Gasteiger partial charge in [-0.1, -0.05) is 18.2 Å². The van der Waals surface area contributed by atoms with Crippen LogP contribution in [-0.4, -0.2) is 10.1 Å². The van der Waals surface area contributed by atoms with Crippen LogP contribution < -0.4 is 0 Å². The maximum Gasteiger partial charge on any atom is 0.196 e. The third-order valence-corrected chi connectivity index (χ3v) is 2.22. The largest absolute Gasteiger partial charge is 0.494 e. The monoisotopic (exact) mass is 202 g/mol. The zero-order chi connectivity index (χ0) is 10.8. The SMILES string of the molecule is CC(=Cc1c(O)[nH]c2ccccc12)N=O. The molecule has 15 heavy (non-hydrogen) atoms. The summed E-state index contributed by atoms with van der Waals surface area (Å²) in [6.07, 6.45) is 1.56. The second kappa shape index (κ2) is 3.57. The first kappa shape index (κ1) is 9.45. The fraction of sp³-hybridized carbons (Fsp3) is 0.0909. The van der Waals surface area contributed by atoms with Gasteiger partial charge in [0.1, 0.15) is 0 Å². The molecule has 2 N–H and O–H groups in total. The smallest absolute Gasteiger partial charge is 0.196 e. The number of nitrogens with one attached hydrogen (secondary N) is 1. The number of aromatic amines is 1. The van der Waals surface area contributed by atoms with E-state index in [-0.39, 0.29) is 5.88 Å². The lowest BCUT2D eigenvalue weighted by Gasteiger charge is -1.92. The highest BCUT2D eigenvalue weighted by Gasteiger charge is 2.07. The van der Waals surface area contributed by atoms with E-state index in [4.69, 9.17) is 0 Å². The van der Waals surface area contributed by atoms with E-state index in [1.54, 1.807) is 13.0 Å². The van der Waals surface area contributed by atoms with Crippen LogP contribution in [0.2, 0.25) is 0 Å². The highest BCUT2D eigenvalue weighted by atomic mass is 16.3. The van der Waals surface area contributed by atoms with Gasteiger partial charge in [-0.05, 0) is 24.2 Å². The number of benzene rings is 1. The fourth-order valence-corrected chi connectivity index (χ4v) is 1.53. The number of aromatic hydroxyl groups is 1. The summed E-state index contributed by atoms with van der Waals surface area (Å²) in [5.74, 6) is 0.0548. The number of fused-ring (bicyclic) bond motifs is 1. The topological polar surface area (TPSA) is 65.4 Å². The summed E-state index contributed by atoms with van der Waals surface area (Å²) in [5.41, 5.74) is 1.76. The Balaban J connectivity index is 2.69. The van der Waals surface area contributed by atoms with Gasteiger partial charge in [0.2, 0.25) is 0 Å². The molecule has 0 aliphatic carbocycles. The maximum absolute atomic E-state index is 10.3. The van der Waals surface area contributed by atoms with Gasteiger partial charge in [0, 0.05) is 16.5 Å². The molecule has 0 spiro atoms. The molecule has 0 amide bonds. The van der Waals surface area contributed by atoms with Crippen molar-refractivity contribution in [1.82, 2.24) is 4.98 Å². The molecule has 1 heterocycles. The quantitative estimate of drug-likeness (QED) is 0.735. The number of aromatic nitrogens is 1. The van der Waals surface area contributed by atoms with Crippen LogP contribution in [-0.2, 0) is 0 Å². The van der Waals surface area contributed by atoms with Crippen molar-refractivity contribution >= 4 is 17.0 Å². The van der Waals surface area contributed by atoms with E-state index in [0.29, 0.717) is 11.3 Å². The minimum absolute atomic E-state index is 0.0548.